The molecule has 1 aliphatic heterocycles. The van der Waals surface area contributed by atoms with Crippen LogP contribution in [0.2, 0.25) is 0 Å². The molecule has 1 unspecified atom stereocenters. The minimum atomic E-state index is 0.376. The maximum absolute atomic E-state index is 11.0. The van der Waals surface area contributed by atoms with Crippen LogP contribution in [0.3, 0.4) is 0 Å². The van der Waals surface area contributed by atoms with Gasteiger partial charge in [-0.3, -0.25) is 4.79 Å². The summed E-state index contributed by atoms with van der Waals surface area (Å²) in [6.45, 7) is 5.47. The Morgan fingerprint density at radius 1 is 1.05 bits per heavy atom. The van der Waals surface area contributed by atoms with Crippen LogP contribution in [0.15, 0.2) is 36.4 Å². The van der Waals surface area contributed by atoms with Crippen LogP contribution in [0.4, 0.5) is 0 Å². The summed E-state index contributed by atoms with van der Waals surface area (Å²) >= 11 is 0. The van der Waals surface area contributed by atoms with Gasteiger partial charge in [0.2, 0.25) is 0 Å². The van der Waals surface area contributed by atoms with Gasteiger partial charge in [-0.1, -0.05) is 25.1 Å². The fourth-order valence-electron chi connectivity index (χ4n) is 2.44. The van der Waals surface area contributed by atoms with Crippen LogP contribution in [0.5, 0.6) is 11.5 Å². The van der Waals surface area contributed by atoms with E-state index in [2.05, 4.69) is 6.92 Å². The first kappa shape index (κ1) is 13.7. The minimum Gasteiger partial charge on any atom is -0.489 e. The van der Waals surface area contributed by atoms with E-state index in [4.69, 9.17) is 9.47 Å². The summed E-state index contributed by atoms with van der Waals surface area (Å²) in [6.07, 6.45) is 0.869. The monoisotopic (exact) mass is 282 g/mol. The number of carbonyl (C=O) groups is 1. The lowest BCUT2D eigenvalue weighted by Gasteiger charge is -2.11. The van der Waals surface area contributed by atoms with Gasteiger partial charge >= 0.3 is 0 Å². The maximum Gasteiger partial charge on any atom is 0.161 e. The average molecular weight is 282 g/mol. The van der Waals surface area contributed by atoms with E-state index in [-0.39, 0.29) is 0 Å². The number of ether oxygens (including phenoxy) is 2. The molecule has 3 rings (SSSR count). The molecule has 0 aliphatic carbocycles. The molecule has 1 heterocycles. The lowest BCUT2D eigenvalue weighted by Crippen LogP contribution is -2.12. The molecule has 2 aromatic carbocycles. The van der Waals surface area contributed by atoms with Gasteiger partial charge in [-0.15, -0.1) is 0 Å². The molecule has 0 bridgehead atoms. The van der Waals surface area contributed by atoms with E-state index in [0.29, 0.717) is 24.7 Å². The highest BCUT2D eigenvalue weighted by atomic mass is 16.5. The minimum absolute atomic E-state index is 0.376. The average Bonchev–Trinajstić information content (AvgIpc) is 2.69. The fraction of sp³-hybridized carbons (Fsp3) is 0.278. The number of aryl methyl sites for hydroxylation is 1. The Balaban J connectivity index is 2.03. The molecule has 0 spiro atoms. The number of aldehydes is 1. The molecule has 1 atom stereocenters. The summed E-state index contributed by atoms with van der Waals surface area (Å²) < 4.78 is 11.6. The van der Waals surface area contributed by atoms with Crippen LogP contribution in [0.25, 0.3) is 11.1 Å². The Kier molecular flexibility index (Phi) is 3.65. The molecule has 1 aliphatic rings. The van der Waals surface area contributed by atoms with Crippen LogP contribution in [0, 0.1) is 12.8 Å². The largest absolute Gasteiger partial charge is 0.489 e. The molecule has 108 valence electrons. The first-order chi connectivity index (χ1) is 10.2. The van der Waals surface area contributed by atoms with Crippen LogP contribution in [0.1, 0.15) is 22.8 Å². The van der Waals surface area contributed by atoms with Crippen molar-refractivity contribution in [1.29, 1.82) is 0 Å². The number of hydrogen-bond donors (Lipinski definition) is 0. The highest BCUT2D eigenvalue weighted by Gasteiger charge is 2.16. The standard InChI is InChI=1S/C18H18O3/c1-12-10-20-17-6-5-15(8-18(17)21-11-12)16-7-14(9-19)4-3-13(16)2/h3-9,12H,10-11H2,1-2H3. The predicted molar refractivity (Wildman–Crippen MR) is 82.2 cm³/mol. The highest BCUT2D eigenvalue weighted by Crippen LogP contribution is 2.35. The van der Waals surface area contributed by atoms with Crippen molar-refractivity contribution in [2.75, 3.05) is 13.2 Å². The van der Waals surface area contributed by atoms with Gasteiger partial charge in [0.15, 0.2) is 11.5 Å². The van der Waals surface area contributed by atoms with Crippen molar-refractivity contribution in [3.63, 3.8) is 0 Å². The van der Waals surface area contributed by atoms with E-state index in [0.717, 1.165) is 34.5 Å². The van der Waals surface area contributed by atoms with Gasteiger partial charge in [-0.05, 0) is 41.8 Å². The van der Waals surface area contributed by atoms with Gasteiger partial charge in [0, 0.05) is 11.5 Å². The highest BCUT2D eigenvalue weighted by molar-refractivity contribution is 5.80. The second-order valence-corrected chi connectivity index (χ2v) is 5.58. The molecule has 21 heavy (non-hydrogen) atoms. The summed E-state index contributed by atoms with van der Waals surface area (Å²) in [6, 6.07) is 11.6. The summed E-state index contributed by atoms with van der Waals surface area (Å²) in [5, 5.41) is 0. The van der Waals surface area contributed by atoms with Crippen molar-refractivity contribution < 1.29 is 14.3 Å². The third-order valence-corrected chi connectivity index (χ3v) is 3.70. The fourth-order valence-corrected chi connectivity index (χ4v) is 2.44. The predicted octanol–water partition coefficient (Wildman–Crippen LogP) is 3.88. The normalized spacial score (nSPS) is 17.1. The van der Waals surface area contributed by atoms with Crippen LogP contribution in [-0.4, -0.2) is 19.5 Å². The smallest absolute Gasteiger partial charge is 0.161 e. The topological polar surface area (TPSA) is 35.5 Å². The van der Waals surface area contributed by atoms with Gasteiger partial charge in [-0.25, -0.2) is 0 Å². The second kappa shape index (κ2) is 5.60. The lowest BCUT2D eigenvalue weighted by molar-refractivity contribution is 0.112. The summed E-state index contributed by atoms with van der Waals surface area (Å²) in [4.78, 5) is 11.0. The van der Waals surface area contributed by atoms with E-state index in [1.165, 1.54) is 0 Å². The molecular formula is C18H18O3. The second-order valence-electron chi connectivity index (χ2n) is 5.58. The van der Waals surface area contributed by atoms with Crippen molar-refractivity contribution >= 4 is 6.29 Å². The van der Waals surface area contributed by atoms with Crippen molar-refractivity contribution in [2.45, 2.75) is 13.8 Å². The Hall–Kier alpha value is -2.29. The number of carbonyl (C=O) groups excluding carboxylic acids is 1. The molecule has 0 aromatic heterocycles. The summed E-state index contributed by atoms with van der Waals surface area (Å²) in [5.41, 5.74) is 3.89. The molecule has 0 amide bonds. The Bertz CT molecular complexity index is 676. The molecule has 3 nitrogen and oxygen atoms in total. The third-order valence-electron chi connectivity index (χ3n) is 3.70. The molecule has 0 fully saturated rings. The number of fused-ring (bicyclic) bond motifs is 1. The van der Waals surface area contributed by atoms with Crippen molar-refractivity contribution in [2.24, 2.45) is 5.92 Å². The van der Waals surface area contributed by atoms with Crippen molar-refractivity contribution in [3.05, 3.63) is 47.5 Å². The van der Waals surface area contributed by atoms with Crippen LogP contribution in [-0.2, 0) is 0 Å². The SMILES string of the molecule is Cc1ccc(C=O)cc1-c1ccc2c(c1)OCC(C)CO2. The first-order valence-corrected chi connectivity index (χ1v) is 7.13. The number of hydrogen-bond acceptors (Lipinski definition) is 3. The summed E-state index contributed by atoms with van der Waals surface area (Å²) in [5.74, 6) is 1.93. The maximum atomic E-state index is 11.0. The Morgan fingerprint density at radius 3 is 2.57 bits per heavy atom. The third kappa shape index (κ3) is 2.77. The van der Waals surface area contributed by atoms with Crippen LogP contribution >= 0.6 is 0 Å². The van der Waals surface area contributed by atoms with E-state index in [9.17, 15) is 4.79 Å². The number of benzene rings is 2. The molecule has 0 radical (unpaired) electrons. The molecule has 0 saturated carbocycles. The molecular weight excluding hydrogens is 264 g/mol. The van der Waals surface area contributed by atoms with E-state index in [1.54, 1.807) is 0 Å². The van der Waals surface area contributed by atoms with Gasteiger partial charge < -0.3 is 9.47 Å². The van der Waals surface area contributed by atoms with E-state index in [1.807, 2.05) is 43.3 Å². The molecule has 0 saturated heterocycles. The van der Waals surface area contributed by atoms with Crippen LogP contribution < -0.4 is 9.47 Å². The Labute approximate surface area is 124 Å². The molecule has 3 heteroatoms. The van der Waals surface area contributed by atoms with Gasteiger partial charge in [0.05, 0.1) is 13.2 Å². The van der Waals surface area contributed by atoms with Crippen molar-refractivity contribution in [1.82, 2.24) is 0 Å². The Morgan fingerprint density at radius 2 is 1.81 bits per heavy atom. The quantitative estimate of drug-likeness (QED) is 0.784. The first-order valence-electron chi connectivity index (χ1n) is 7.13. The zero-order chi connectivity index (χ0) is 14.8. The van der Waals surface area contributed by atoms with Crippen molar-refractivity contribution in [3.8, 4) is 22.6 Å². The zero-order valence-electron chi connectivity index (χ0n) is 12.3. The van der Waals surface area contributed by atoms with E-state index < -0.39 is 0 Å². The van der Waals surface area contributed by atoms with E-state index >= 15 is 0 Å². The molecule has 2 aromatic rings. The van der Waals surface area contributed by atoms with Gasteiger partial charge in [0.25, 0.3) is 0 Å². The lowest BCUT2D eigenvalue weighted by atomic mass is 9.98. The number of rotatable bonds is 2. The summed E-state index contributed by atoms with van der Waals surface area (Å²) in [7, 11) is 0. The van der Waals surface area contributed by atoms with Gasteiger partial charge in [0.1, 0.15) is 6.29 Å². The molecule has 0 N–H and O–H groups in total. The zero-order valence-corrected chi connectivity index (χ0v) is 12.3. The van der Waals surface area contributed by atoms with Gasteiger partial charge in [-0.2, -0.15) is 0 Å².